The highest BCUT2D eigenvalue weighted by molar-refractivity contribution is 7.99. The summed E-state index contributed by atoms with van der Waals surface area (Å²) in [5.41, 5.74) is 4.33. The van der Waals surface area contributed by atoms with Crippen LogP contribution in [0.4, 0.5) is 5.69 Å². The summed E-state index contributed by atoms with van der Waals surface area (Å²) in [5, 5.41) is 15.0. The first-order chi connectivity index (χ1) is 20.2. The number of thioether (sulfide) groups is 1. The smallest absolute Gasteiger partial charge is 0.303 e. The molecule has 0 spiro atoms. The van der Waals surface area contributed by atoms with Crippen molar-refractivity contribution >= 4 is 35.2 Å². The molecule has 0 bridgehead atoms. The molecule has 4 rings (SSSR count). The van der Waals surface area contributed by atoms with E-state index in [1.165, 1.54) is 20.8 Å². The van der Waals surface area contributed by atoms with Gasteiger partial charge in [-0.25, -0.2) is 0 Å². The fourth-order valence-corrected chi connectivity index (χ4v) is 5.40. The van der Waals surface area contributed by atoms with Crippen LogP contribution in [0.2, 0.25) is 0 Å². The van der Waals surface area contributed by atoms with Gasteiger partial charge in [-0.05, 0) is 47.9 Å². The second-order valence-electron chi connectivity index (χ2n) is 10.1. The number of benzene rings is 3. The van der Waals surface area contributed by atoms with Crippen LogP contribution in [0.15, 0.2) is 77.7 Å². The van der Waals surface area contributed by atoms with Gasteiger partial charge in [0.05, 0.1) is 18.8 Å². The number of hydrogen-bond donors (Lipinski definition) is 3. The summed E-state index contributed by atoms with van der Waals surface area (Å²) in [6.07, 6.45) is -1.10. The van der Waals surface area contributed by atoms with Crippen molar-refractivity contribution in [3.63, 3.8) is 0 Å². The molecule has 0 aliphatic carbocycles. The number of aliphatic hydroxyl groups excluding tert-OH is 1. The summed E-state index contributed by atoms with van der Waals surface area (Å²) >= 11 is 1.67. The van der Waals surface area contributed by atoms with Gasteiger partial charge in [0, 0.05) is 48.7 Å². The van der Waals surface area contributed by atoms with Crippen LogP contribution < -0.4 is 10.6 Å². The van der Waals surface area contributed by atoms with Crippen molar-refractivity contribution in [3.8, 4) is 0 Å². The number of carbonyl (C=O) groups is 3. The van der Waals surface area contributed by atoms with Crippen LogP contribution >= 0.6 is 11.8 Å². The van der Waals surface area contributed by atoms with Crippen molar-refractivity contribution in [1.29, 1.82) is 0 Å². The molecule has 222 valence electrons. The molecular weight excluding hydrogens is 556 g/mol. The highest BCUT2D eigenvalue weighted by Gasteiger charge is 2.32. The minimum absolute atomic E-state index is 0.0208. The monoisotopic (exact) mass is 592 g/mol. The first kappa shape index (κ1) is 31.2. The van der Waals surface area contributed by atoms with Gasteiger partial charge in [0.2, 0.25) is 5.91 Å². The molecule has 3 aromatic rings. The van der Waals surface area contributed by atoms with E-state index in [0.29, 0.717) is 12.2 Å². The van der Waals surface area contributed by atoms with Gasteiger partial charge in [0.25, 0.3) is 5.91 Å². The minimum Gasteiger partial charge on any atom is -0.453 e. The molecule has 1 heterocycles. The van der Waals surface area contributed by atoms with Crippen molar-refractivity contribution in [2.45, 2.75) is 69.8 Å². The molecule has 0 aromatic heterocycles. The fraction of sp³-hybridized carbons (Fsp3) is 0.344. The molecule has 3 N–H and O–H groups in total. The lowest BCUT2D eigenvalue weighted by Crippen LogP contribution is -2.35. The Balaban J connectivity index is 1.43. The number of carbonyl (C=O) groups excluding carboxylic acids is 3. The minimum atomic E-state index is -0.862. The molecule has 0 saturated carbocycles. The highest BCUT2D eigenvalue weighted by Crippen LogP contribution is 2.39. The number of ether oxygens (including phenoxy) is 3. The first-order valence-corrected chi connectivity index (χ1v) is 14.7. The topological polar surface area (TPSA) is 123 Å². The zero-order valence-electron chi connectivity index (χ0n) is 23.9. The van der Waals surface area contributed by atoms with Crippen LogP contribution in [0.1, 0.15) is 61.8 Å². The Morgan fingerprint density at radius 1 is 0.929 bits per heavy atom. The molecule has 1 aliphatic heterocycles. The van der Waals surface area contributed by atoms with Crippen molar-refractivity contribution in [2.75, 3.05) is 11.1 Å². The second kappa shape index (κ2) is 15.0. The van der Waals surface area contributed by atoms with Crippen LogP contribution in [0, 0.1) is 0 Å². The Morgan fingerprint density at radius 3 is 2.19 bits per heavy atom. The third kappa shape index (κ3) is 9.15. The van der Waals surface area contributed by atoms with Crippen molar-refractivity contribution < 1.29 is 33.7 Å². The number of nitrogens with one attached hydrogen (secondary N) is 2. The van der Waals surface area contributed by atoms with E-state index in [-0.39, 0.29) is 37.2 Å². The summed E-state index contributed by atoms with van der Waals surface area (Å²) < 4.78 is 17.8. The molecule has 0 unspecified atom stereocenters. The van der Waals surface area contributed by atoms with E-state index in [2.05, 4.69) is 10.6 Å². The third-order valence-electron chi connectivity index (χ3n) is 6.66. The third-order valence-corrected chi connectivity index (χ3v) is 7.80. The van der Waals surface area contributed by atoms with Crippen LogP contribution in [-0.4, -0.2) is 40.9 Å². The molecule has 1 aliphatic rings. The molecule has 10 heteroatoms. The Kier molecular flexibility index (Phi) is 11.1. The van der Waals surface area contributed by atoms with E-state index in [0.717, 1.165) is 32.8 Å². The number of esters is 1. The van der Waals surface area contributed by atoms with Gasteiger partial charge in [-0.1, -0.05) is 48.5 Å². The normalized spacial score (nSPS) is 19.0. The average Bonchev–Trinajstić information content (AvgIpc) is 2.99. The Bertz CT molecular complexity index is 1350. The molecule has 42 heavy (non-hydrogen) atoms. The van der Waals surface area contributed by atoms with Gasteiger partial charge in [0.1, 0.15) is 0 Å². The van der Waals surface area contributed by atoms with E-state index in [4.69, 9.17) is 14.2 Å². The molecule has 1 saturated heterocycles. The van der Waals surface area contributed by atoms with E-state index in [1.807, 2.05) is 72.8 Å². The van der Waals surface area contributed by atoms with Crippen molar-refractivity contribution in [3.05, 3.63) is 95.1 Å². The average molecular weight is 593 g/mol. The maximum absolute atomic E-state index is 12.2. The van der Waals surface area contributed by atoms with E-state index >= 15 is 0 Å². The van der Waals surface area contributed by atoms with Gasteiger partial charge >= 0.3 is 5.97 Å². The van der Waals surface area contributed by atoms with Crippen molar-refractivity contribution in [2.24, 2.45) is 0 Å². The standard InChI is InChI=1S/C32H36N2O7S/c1-20(39-22(3)37)31(38)33-17-23-4-10-26(11-5-23)32-40-28(16-30(41-32)25-8-6-24(18-35)7-9-25)19-42-29-14-12-27(13-15-29)34-21(2)36/h4-15,20,28,30,32,35H,16-19H2,1-3H3,(H,33,38)(H,34,36)/t20-,28+,30-,32-/m0/s1. The molecule has 9 nitrogen and oxygen atoms in total. The number of anilines is 1. The number of rotatable bonds is 11. The molecule has 4 atom stereocenters. The molecule has 1 fully saturated rings. The summed E-state index contributed by atoms with van der Waals surface area (Å²) in [7, 11) is 0. The largest absolute Gasteiger partial charge is 0.453 e. The van der Waals surface area contributed by atoms with E-state index < -0.39 is 18.4 Å². The first-order valence-electron chi connectivity index (χ1n) is 13.7. The van der Waals surface area contributed by atoms with E-state index in [1.54, 1.807) is 11.8 Å². The zero-order chi connectivity index (χ0) is 30.1. The Labute approximate surface area is 249 Å². The molecule has 2 amide bonds. The number of aliphatic hydroxyl groups is 1. The van der Waals surface area contributed by atoms with Crippen molar-refractivity contribution in [1.82, 2.24) is 5.32 Å². The predicted octanol–water partition coefficient (Wildman–Crippen LogP) is 5.04. The highest BCUT2D eigenvalue weighted by atomic mass is 32.2. The number of hydrogen-bond acceptors (Lipinski definition) is 8. The lowest BCUT2D eigenvalue weighted by Gasteiger charge is -2.36. The van der Waals surface area contributed by atoms with Gasteiger partial charge in [-0.2, -0.15) is 0 Å². The van der Waals surface area contributed by atoms with Crippen LogP contribution in [0.3, 0.4) is 0 Å². The Morgan fingerprint density at radius 2 is 1.57 bits per heavy atom. The van der Waals surface area contributed by atoms with Crippen LogP contribution in [-0.2, 0) is 41.7 Å². The SMILES string of the molecule is CC(=O)Nc1ccc(SC[C@H]2C[C@@H](c3ccc(CO)cc3)O[C@@H](c3ccc(CNC(=O)[C@H](C)OC(C)=O)cc3)O2)cc1. The fourth-order valence-electron chi connectivity index (χ4n) is 4.48. The lowest BCUT2D eigenvalue weighted by atomic mass is 10.0. The lowest BCUT2D eigenvalue weighted by molar-refractivity contribution is -0.245. The summed E-state index contributed by atoms with van der Waals surface area (Å²) in [5.74, 6) is -0.279. The molecule has 0 radical (unpaired) electrons. The quantitative estimate of drug-likeness (QED) is 0.209. The number of amides is 2. The Hall–Kier alpha value is -3.70. The predicted molar refractivity (Wildman–Crippen MR) is 159 cm³/mol. The van der Waals surface area contributed by atoms with Gasteiger partial charge in [0.15, 0.2) is 12.4 Å². The van der Waals surface area contributed by atoms with E-state index in [9.17, 15) is 19.5 Å². The van der Waals surface area contributed by atoms with Gasteiger partial charge < -0.3 is 30.0 Å². The summed E-state index contributed by atoms with van der Waals surface area (Å²) in [6, 6.07) is 23.1. The second-order valence-corrected chi connectivity index (χ2v) is 11.2. The summed E-state index contributed by atoms with van der Waals surface area (Å²) in [4.78, 5) is 35.6. The van der Waals surface area contributed by atoms with Gasteiger partial charge in [-0.3, -0.25) is 14.4 Å². The maximum atomic E-state index is 12.2. The van der Waals surface area contributed by atoms with Crippen LogP contribution in [0.5, 0.6) is 0 Å². The van der Waals surface area contributed by atoms with Crippen LogP contribution in [0.25, 0.3) is 0 Å². The zero-order valence-corrected chi connectivity index (χ0v) is 24.7. The summed E-state index contributed by atoms with van der Waals surface area (Å²) in [6.45, 7) is 4.54. The molecule has 3 aromatic carbocycles. The molecular formula is C32H36N2O7S. The van der Waals surface area contributed by atoms with Gasteiger partial charge in [-0.15, -0.1) is 11.8 Å². The maximum Gasteiger partial charge on any atom is 0.303 e.